The number of nitrogens with zero attached hydrogens (tertiary/aromatic N) is 5. The Balaban J connectivity index is 1.47. The lowest BCUT2D eigenvalue weighted by Crippen LogP contribution is -2.49. The van der Waals surface area contributed by atoms with Crippen molar-refractivity contribution < 1.29 is 4.74 Å². The first kappa shape index (κ1) is 14.0. The highest BCUT2D eigenvalue weighted by Gasteiger charge is 2.27. The number of fused-ring (bicyclic) bond motifs is 1. The topological polar surface area (TPSA) is 46.4 Å². The maximum absolute atomic E-state index is 5.46. The molecule has 0 bridgehead atoms. The summed E-state index contributed by atoms with van der Waals surface area (Å²) in [5.41, 5.74) is 1.95. The van der Waals surface area contributed by atoms with E-state index in [1.165, 1.54) is 12.8 Å². The highest BCUT2D eigenvalue weighted by Crippen LogP contribution is 2.24. The highest BCUT2D eigenvalue weighted by atomic mass is 16.5. The summed E-state index contributed by atoms with van der Waals surface area (Å²) in [5.74, 6) is 1.05. The normalized spacial score (nSPS) is 21.6. The fraction of sp³-hybridized carbons (Fsp3) is 0.625. The van der Waals surface area contributed by atoms with Crippen LogP contribution in [0, 0.1) is 0 Å². The van der Waals surface area contributed by atoms with Crippen LogP contribution in [0.4, 0.5) is 5.95 Å². The largest absolute Gasteiger partial charge is 0.379 e. The lowest BCUT2D eigenvalue weighted by atomic mass is 10.0. The molecule has 0 aromatic carbocycles. The quantitative estimate of drug-likeness (QED) is 0.836. The van der Waals surface area contributed by atoms with Crippen LogP contribution in [-0.2, 0) is 11.8 Å². The molecule has 0 N–H and O–H groups in total. The maximum Gasteiger partial charge on any atom is 0.207 e. The molecule has 2 saturated heterocycles. The van der Waals surface area contributed by atoms with E-state index in [4.69, 9.17) is 9.72 Å². The van der Waals surface area contributed by atoms with Crippen molar-refractivity contribution in [1.82, 2.24) is 19.4 Å². The van der Waals surface area contributed by atoms with E-state index < -0.39 is 0 Å². The standard InChI is InChI=1S/C16H23N5O/c1-19-15-14(3-2-6-17-15)18-16(19)21-7-4-13(5-8-21)20-9-11-22-12-10-20/h2-3,6,13H,4-5,7-12H2,1H3. The van der Waals surface area contributed by atoms with Crippen LogP contribution in [0.25, 0.3) is 11.2 Å². The van der Waals surface area contributed by atoms with E-state index in [0.717, 1.165) is 56.5 Å². The summed E-state index contributed by atoms with van der Waals surface area (Å²) in [4.78, 5) is 14.2. The monoisotopic (exact) mass is 301 g/mol. The average Bonchev–Trinajstić information content (AvgIpc) is 2.93. The average molecular weight is 301 g/mol. The molecule has 0 saturated carbocycles. The molecule has 118 valence electrons. The smallest absolute Gasteiger partial charge is 0.207 e. The van der Waals surface area contributed by atoms with Crippen LogP contribution in [0.1, 0.15) is 12.8 Å². The third-order valence-corrected chi connectivity index (χ3v) is 4.91. The molecule has 2 aliphatic rings. The van der Waals surface area contributed by atoms with Crippen LogP contribution in [0.2, 0.25) is 0 Å². The van der Waals surface area contributed by atoms with E-state index in [1.54, 1.807) is 0 Å². The molecule has 2 aromatic rings. The number of ether oxygens (including phenoxy) is 1. The first-order valence-corrected chi connectivity index (χ1v) is 8.17. The number of morpholine rings is 1. The number of hydrogen-bond donors (Lipinski definition) is 0. The van der Waals surface area contributed by atoms with Crippen molar-refractivity contribution in [2.24, 2.45) is 7.05 Å². The molecule has 0 aliphatic carbocycles. The van der Waals surface area contributed by atoms with E-state index in [1.807, 2.05) is 18.3 Å². The summed E-state index contributed by atoms with van der Waals surface area (Å²) in [6, 6.07) is 4.68. The molecular weight excluding hydrogens is 278 g/mol. The van der Waals surface area contributed by atoms with Gasteiger partial charge in [-0.1, -0.05) is 0 Å². The Bertz CT molecular complexity index is 641. The van der Waals surface area contributed by atoms with Gasteiger partial charge in [-0.3, -0.25) is 9.47 Å². The van der Waals surface area contributed by atoms with Crippen LogP contribution in [-0.4, -0.2) is 64.9 Å². The summed E-state index contributed by atoms with van der Waals surface area (Å²) in [7, 11) is 2.06. The SMILES string of the molecule is Cn1c(N2CCC(N3CCOCC3)CC2)nc2cccnc21. The van der Waals surface area contributed by atoms with Crippen molar-refractivity contribution in [2.75, 3.05) is 44.3 Å². The van der Waals surface area contributed by atoms with Crippen LogP contribution >= 0.6 is 0 Å². The number of hydrogen-bond acceptors (Lipinski definition) is 5. The van der Waals surface area contributed by atoms with Crippen molar-refractivity contribution in [1.29, 1.82) is 0 Å². The molecule has 0 radical (unpaired) electrons. The first-order valence-electron chi connectivity index (χ1n) is 8.17. The van der Waals surface area contributed by atoms with Crippen LogP contribution in [0.5, 0.6) is 0 Å². The molecule has 4 heterocycles. The van der Waals surface area contributed by atoms with Gasteiger partial charge in [0.1, 0.15) is 5.52 Å². The van der Waals surface area contributed by atoms with Crippen molar-refractivity contribution in [3.05, 3.63) is 18.3 Å². The van der Waals surface area contributed by atoms with Gasteiger partial charge in [-0.05, 0) is 25.0 Å². The van der Waals surface area contributed by atoms with Gasteiger partial charge >= 0.3 is 0 Å². The fourth-order valence-electron chi connectivity index (χ4n) is 3.67. The molecule has 6 heteroatoms. The molecule has 4 rings (SSSR count). The second kappa shape index (κ2) is 5.85. The Kier molecular flexibility index (Phi) is 3.72. The zero-order valence-electron chi connectivity index (χ0n) is 13.1. The molecule has 0 spiro atoms. The zero-order valence-corrected chi connectivity index (χ0v) is 13.1. The summed E-state index contributed by atoms with van der Waals surface area (Å²) >= 11 is 0. The third kappa shape index (κ3) is 2.46. The number of imidazole rings is 1. The Morgan fingerprint density at radius 3 is 2.64 bits per heavy atom. The van der Waals surface area contributed by atoms with Gasteiger partial charge in [0.25, 0.3) is 0 Å². The molecule has 2 aliphatic heterocycles. The summed E-state index contributed by atoms with van der Waals surface area (Å²) in [6.07, 6.45) is 4.24. The van der Waals surface area contributed by atoms with Gasteiger partial charge in [0.05, 0.1) is 13.2 Å². The predicted octanol–water partition coefficient (Wildman–Crippen LogP) is 1.27. The van der Waals surface area contributed by atoms with Gasteiger partial charge in [-0.15, -0.1) is 0 Å². The van der Waals surface area contributed by atoms with Gasteiger partial charge in [0.2, 0.25) is 5.95 Å². The minimum atomic E-state index is 0.702. The first-order chi connectivity index (χ1) is 10.8. The summed E-state index contributed by atoms with van der Waals surface area (Å²) < 4.78 is 7.57. The Morgan fingerprint density at radius 2 is 1.91 bits per heavy atom. The van der Waals surface area contributed by atoms with Gasteiger partial charge in [-0.2, -0.15) is 0 Å². The number of anilines is 1. The summed E-state index contributed by atoms with van der Waals surface area (Å²) in [5, 5.41) is 0. The van der Waals surface area contributed by atoms with Gasteiger partial charge in [0.15, 0.2) is 5.65 Å². The fourth-order valence-corrected chi connectivity index (χ4v) is 3.67. The predicted molar refractivity (Wildman–Crippen MR) is 86.1 cm³/mol. The number of piperidine rings is 1. The van der Waals surface area contributed by atoms with E-state index in [9.17, 15) is 0 Å². The Morgan fingerprint density at radius 1 is 1.14 bits per heavy atom. The van der Waals surface area contributed by atoms with E-state index in [2.05, 4.69) is 26.4 Å². The number of rotatable bonds is 2. The zero-order chi connectivity index (χ0) is 14.9. The van der Waals surface area contributed by atoms with Gasteiger partial charge in [-0.25, -0.2) is 9.97 Å². The molecule has 0 atom stereocenters. The molecule has 2 aromatic heterocycles. The number of aryl methyl sites for hydroxylation is 1. The Hall–Kier alpha value is -1.66. The number of pyridine rings is 1. The van der Waals surface area contributed by atoms with Crippen molar-refractivity contribution in [2.45, 2.75) is 18.9 Å². The number of aromatic nitrogens is 3. The minimum Gasteiger partial charge on any atom is -0.379 e. The molecule has 6 nitrogen and oxygen atoms in total. The van der Waals surface area contributed by atoms with Crippen LogP contribution < -0.4 is 4.90 Å². The molecule has 0 unspecified atom stereocenters. The van der Waals surface area contributed by atoms with Crippen molar-refractivity contribution in [3.8, 4) is 0 Å². The van der Waals surface area contributed by atoms with Crippen molar-refractivity contribution in [3.63, 3.8) is 0 Å². The minimum absolute atomic E-state index is 0.702. The third-order valence-electron chi connectivity index (χ3n) is 4.91. The van der Waals surface area contributed by atoms with E-state index in [-0.39, 0.29) is 0 Å². The molecule has 22 heavy (non-hydrogen) atoms. The second-order valence-corrected chi connectivity index (χ2v) is 6.18. The van der Waals surface area contributed by atoms with Crippen LogP contribution in [0.3, 0.4) is 0 Å². The lowest BCUT2D eigenvalue weighted by Gasteiger charge is -2.40. The van der Waals surface area contributed by atoms with Crippen molar-refractivity contribution >= 4 is 17.1 Å². The van der Waals surface area contributed by atoms with Crippen LogP contribution in [0.15, 0.2) is 18.3 Å². The highest BCUT2D eigenvalue weighted by molar-refractivity contribution is 5.74. The van der Waals surface area contributed by atoms with Gasteiger partial charge < -0.3 is 9.64 Å². The molecule has 0 amide bonds. The maximum atomic E-state index is 5.46. The second-order valence-electron chi connectivity index (χ2n) is 6.18. The van der Waals surface area contributed by atoms with E-state index >= 15 is 0 Å². The molecular formula is C16H23N5O. The van der Waals surface area contributed by atoms with Gasteiger partial charge in [0, 0.05) is 45.5 Å². The Labute approximate surface area is 130 Å². The lowest BCUT2D eigenvalue weighted by molar-refractivity contribution is 0.0114. The molecule has 2 fully saturated rings. The van der Waals surface area contributed by atoms with E-state index in [0.29, 0.717) is 6.04 Å². The summed E-state index contributed by atoms with van der Waals surface area (Å²) in [6.45, 7) is 6.08.